The van der Waals surface area contributed by atoms with Crippen molar-refractivity contribution in [2.45, 2.75) is 33.1 Å². The van der Waals surface area contributed by atoms with Gasteiger partial charge in [-0.3, -0.25) is 0 Å². The van der Waals surface area contributed by atoms with E-state index < -0.39 is 0 Å². The van der Waals surface area contributed by atoms with E-state index >= 15 is 0 Å². The van der Waals surface area contributed by atoms with Crippen molar-refractivity contribution in [2.24, 2.45) is 0 Å². The van der Waals surface area contributed by atoms with Crippen molar-refractivity contribution in [1.29, 1.82) is 0 Å². The zero-order valence-electron chi connectivity index (χ0n) is 18.9. The molecule has 0 saturated heterocycles. The Bertz CT molecular complexity index is 1600. The molecule has 5 aromatic rings. The minimum atomic E-state index is -0.0348. The lowest BCUT2D eigenvalue weighted by molar-refractivity contribution is 0.460. The molecule has 0 bridgehead atoms. The minimum Gasteiger partial charge on any atom is -0.458 e. The highest BCUT2D eigenvalue weighted by Gasteiger charge is 2.42. The maximum Gasteiger partial charge on any atom is 0.256 e. The number of fused-ring (bicyclic) bond motifs is 8. The number of para-hydroxylation sites is 2. The second-order valence-electron chi connectivity index (χ2n) is 10.3. The number of benzene rings is 4. The highest BCUT2D eigenvalue weighted by Crippen LogP contribution is 2.43. The maximum absolute atomic E-state index is 6.73. The van der Waals surface area contributed by atoms with Gasteiger partial charge in [0.1, 0.15) is 11.5 Å². The number of rotatable bonds is 0. The average Bonchev–Trinajstić information content (AvgIpc) is 3.11. The SMILES string of the molecule is Cc1ccc2c(c1)B1c3ccccc3Oc3c(C(C)(C)C)cc4c5ccccc5n-2c4c31. The highest BCUT2D eigenvalue weighted by atomic mass is 16.5. The molecule has 7 rings (SSSR count). The fourth-order valence-corrected chi connectivity index (χ4v) is 5.83. The van der Waals surface area contributed by atoms with E-state index in [0.29, 0.717) is 0 Å². The van der Waals surface area contributed by atoms with Crippen molar-refractivity contribution in [3.05, 3.63) is 83.9 Å². The predicted octanol–water partition coefficient (Wildman–Crippen LogP) is 5.32. The lowest BCUT2D eigenvalue weighted by Gasteiger charge is -2.36. The second-order valence-corrected chi connectivity index (χ2v) is 10.3. The topological polar surface area (TPSA) is 14.2 Å². The standard InChI is InChI=1S/C29H24BNO/c1-17-13-14-24-22(15-17)30-21-10-6-8-12-25(21)32-28-20(29(2,3)4)16-19-18-9-5-7-11-23(18)31(24)27(19)26(28)30/h5-16H,1-4H3. The molecule has 0 fully saturated rings. The van der Waals surface area contributed by atoms with Gasteiger partial charge in [0.05, 0.1) is 11.0 Å². The monoisotopic (exact) mass is 413 g/mol. The normalized spacial score (nSPS) is 13.8. The van der Waals surface area contributed by atoms with E-state index in [1.54, 1.807) is 0 Å². The van der Waals surface area contributed by atoms with Gasteiger partial charge < -0.3 is 9.30 Å². The lowest BCUT2D eigenvalue weighted by atomic mass is 9.34. The van der Waals surface area contributed by atoms with Crippen LogP contribution < -0.4 is 21.1 Å². The lowest BCUT2D eigenvalue weighted by Crippen LogP contribution is -2.58. The molecule has 2 aliphatic rings. The van der Waals surface area contributed by atoms with E-state index in [2.05, 4.69) is 105 Å². The highest BCUT2D eigenvalue weighted by molar-refractivity contribution is 6.99. The Morgan fingerprint density at radius 2 is 1.59 bits per heavy atom. The fraction of sp³-hybridized carbons (Fsp3) is 0.172. The largest absolute Gasteiger partial charge is 0.458 e. The zero-order valence-corrected chi connectivity index (χ0v) is 18.9. The van der Waals surface area contributed by atoms with Crippen LogP contribution in [-0.2, 0) is 5.41 Å². The number of aryl methyl sites for hydroxylation is 1. The molecule has 4 aromatic carbocycles. The molecule has 2 aliphatic heterocycles. The third-order valence-corrected chi connectivity index (χ3v) is 7.22. The van der Waals surface area contributed by atoms with Crippen LogP contribution in [0.4, 0.5) is 0 Å². The van der Waals surface area contributed by atoms with Gasteiger partial charge in [0, 0.05) is 22.0 Å². The van der Waals surface area contributed by atoms with Crippen molar-refractivity contribution in [3.63, 3.8) is 0 Å². The molecule has 3 heterocycles. The van der Waals surface area contributed by atoms with Crippen LogP contribution in [0.2, 0.25) is 0 Å². The van der Waals surface area contributed by atoms with Crippen molar-refractivity contribution in [2.75, 3.05) is 0 Å². The predicted molar refractivity (Wildman–Crippen MR) is 135 cm³/mol. The molecule has 0 unspecified atom stereocenters. The molecule has 1 aromatic heterocycles. The van der Waals surface area contributed by atoms with E-state index in [1.165, 1.54) is 55.0 Å². The molecule has 0 spiro atoms. The maximum atomic E-state index is 6.73. The number of nitrogens with zero attached hydrogens (tertiary/aromatic N) is 1. The molecule has 2 nitrogen and oxygen atoms in total. The summed E-state index contributed by atoms with van der Waals surface area (Å²) in [4.78, 5) is 0. The molecule has 0 aliphatic carbocycles. The van der Waals surface area contributed by atoms with Gasteiger partial charge in [0.2, 0.25) is 0 Å². The van der Waals surface area contributed by atoms with E-state index in [9.17, 15) is 0 Å². The van der Waals surface area contributed by atoms with Crippen LogP contribution in [-0.4, -0.2) is 11.3 Å². The Kier molecular flexibility index (Phi) is 3.32. The van der Waals surface area contributed by atoms with Crippen molar-refractivity contribution in [3.8, 4) is 17.2 Å². The first kappa shape index (κ1) is 18.1. The molecule has 0 saturated carbocycles. The first-order chi connectivity index (χ1) is 15.4. The Balaban J connectivity index is 1.78. The van der Waals surface area contributed by atoms with Gasteiger partial charge in [-0.2, -0.15) is 0 Å². The molecular formula is C29H24BNO. The van der Waals surface area contributed by atoms with Gasteiger partial charge in [-0.25, -0.2) is 0 Å². The number of hydrogen-bond acceptors (Lipinski definition) is 1. The van der Waals surface area contributed by atoms with Crippen LogP contribution in [0.1, 0.15) is 31.9 Å². The smallest absolute Gasteiger partial charge is 0.256 e. The van der Waals surface area contributed by atoms with Gasteiger partial charge in [0.25, 0.3) is 6.71 Å². The Morgan fingerprint density at radius 1 is 0.812 bits per heavy atom. The van der Waals surface area contributed by atoms with Gasteiger partial charge in [0.15, 0.2) is 0 Å². The summed E-state index contributed by atoms with van der Waals surface area (Å²) in [6.07, 6.45) is 0. The third kappa shape index (κ3) is 2.16. The number of aromatic nitrogens is 1. The summed E-state index contributed by atoms with van der Waals surface area (Å²) in [6, 6.07) is 26.7. The van der Waals surface area contributed by atoms with E-state index in [1.807, 2.05) is 0 Å². The Morgan fingerprint density at radius 3 is 2.44 bits per heavy atom. The third-order valence-electron chi connectivity index (χ3n) is 7.22. The van der Waals surface area contributed by atoms with Crippen LogP contribution in [0.15, 0.2) is 72.8 Å². The first-order valence-corrected chi connectivity index (χ1v) is 11.4. The van der Waals surface area contributed by atoms with E-state index in [0.717, 1.165) is 11.5 Å². The summed E-state index contributed by atoms with van der Waals surface area (Å²) in [7, 11) is 0. The van der Waals surface area contributed by atoms with Crippen molar-refractivity contribution in [1.82, 2.24) is 4.57 Å². The Labute approximate surface area is 188 Å². The summed E-state index contributed by atoms with van der Waals surface area (Å²) in [5.41, 5.74) is 10.3. The van der Waals surface area contributed by atoms with Crippen molar-refractivity contribution >= 4 is 44.9 Å². The summed E-state index contributed by atoms with van der Waals surface area (Å²) in [5.74, 6) is 2.02. The Hall–Kier alpha value is -3.46. The molecule has 0 amide bonds. The van der Waals surface area contributed by atoms with Crippen LogP contribution in [0, 0.1) is 6.92 Å². The van der Waals surface area contributed by atoms with Crippen LogP contribution >= 0.6 is 0 Å². The van der Waals surface area contributed by atoms with E-state index in [-0.39, 0.29) is 12.1 Å². The zero-order chi connectivity index (χ0) is 21.8. The van der Waals surface area contributed by atoms with Crippen LogP contribution in [0.25, 0.3) is 27.5 Å². The number of hydrogen-bond donors (Lipinski definition) is 0. The summed E-state index contributed by atoms with van der Waals surface area (Å²) < 4.78 is 9.20. The summed E-state index contributed by atoms with van der Waals surface area (Å²) in [5, 5.41) is 2.63. The van der Waals surface area contributed by atoms with Crippen LogP contribution in [0.3, 0.4) is 0 Å². The fourth-order valence-electron chi connectivity index (χ4n) is 5.83. The number of ether oxygens (including phenoxy) is 1. The van der Waals surface area contributed by atoms with Gasteiger partial charge in [-0.15, -0.1) is 0 Å². The van der Waals surface area contributed by atoms with Gasteiger partial charge in [-0.05, 0) is 53.0 Å². The first-order valence-electron chi connectivity index (χ1n) is 11.4. The summed E-state index contributed by atoms with van der Waals surface area (Å²) >= 11 is 0. The molecule has 0 radical (unpaired) electrons. The average molecular weight is 413 g/mol. The second kappa shape index (κ2) is 5.86. The van der Waals surface area contributed by atoms with Crippen molar-refractivity contribution < 1.29 is 4.74 Å². The summed E-state index contributed by atoms with van der Waals surface area (Å²) in [6.45, 7) is 9.23. The molecule has 0 atom stereocenters. The van der Waals surface area contributed by atoms with Gasteiger partial charge in [-0.1, -0.05) is 74.9 Å². The minimum absolute atomic E-state index is 0.0348. The quantitative estimate of drug-likeness (QED) is 0.307. The van der Waals surface area contributed by atoms with Crippen LogP contribution in [0.5, 0.6) is 11.5 Å². The van der Waals surface area contributed by atoms with Gasteiger partial charge >= 0.3 is 0 Å². The molecule has 154 valence electrons. The molecular weight excluding hydrogens is 389 g/mol. The van der Waals surface area contributed by atoms with E-state index in [4.69, 9.17) is 4.74 Å². The molecule has 3 heteroatoms. The molecule has 0 N–H and O–H groups in total. The molecule has 32 heavy (non-hydrogen) atoms.